The topological polar surface area (TPSA) is 68.0 Å². The maximum absolute atomic E-state index is 14.2. The Labute approximate surface area is 212 Å². The molecule has 5 rings (SSSR count). The highest BCUT2D eigenvalue weighted by Gasteiger charge is 2.22. The van der Waals surface area contributed by atoms with E-state index < -0.39 is 11.6 Å². The predicted octanol–water partition coefficient (Wildman–Crippen LogP) is 6.41. The Morgan fingerprint density at radius 1 is 0.972 bits per heavy atom. The third kappa shape index (κ3) is 4.45. The molecular formula is C29H24FN3O2S. The van der Waals surface area contributed by atoms with E-state index in [9.17, 15) is 14.3 Å². The van der Waals surface area contributed by atoms with Crippen LogP contribution in [0.15, 0.2) is 83.8 Å². The second-order valence-electron chi connectivity index (χ2n) is 8.52. The summed E-state index contributed by atoms with van der Waals surface area (Å²) < 4.78 is 15.8. The van der Waals surface area contributed by atoms with Gasteiger partial charge >= 0.3 is 0 Å². The van der Waals surface area contributed by atoms with E-state index in [-0.39, 0.29) is 16.9 Å². The van der Waals surface area contributed by atoms with Crippen molar-refractivity contribution in [1.29, 1.82) is 0 Å². The van der Waals surface area contributed by atoms with Crippen LogP contribution in [0.3, 0.4) is 0 Å². The number of benzene rings is 2. The molecule has 0 fully saturated rings. The van der Waals surface area contributed by atoms with Crippen LogP contribution < -0.4 is 5.56 Å². The molecule has 3 heterocycles. The van der Waals surface area contributed by atoms with E-state index in [1.807, 2.05) is 61.5 Å². The first-order chi connectivity index (χ1) is 17.4. The zero-order chi connectivity index (χ0) is 25.2. The molecule has 2 aromatic carbocycles. The number of nitrogens with zero attached hydrogens (tertiary/aromatic N) is 3. The number of rotatable bonds is 6. The van der Waals surface area contributed by atoms with Crippen molar-refractivity contribution in [2.75, 3.05) is 0 Å². The lowest BCUT2D eigenvalue weighted by Crippen LogP contribution is -2.27. The molecule has 36 heavy (non-hydrogen) atoms. The van der Waals surface area contributed by atoms with Gasteiger partial charge < -0.3 is 5.11 Å². The number of para-hydroxylation sites is 1. The van der Waals surface area contributed by atoms with Gasteiger partial charge in [0.25, 0.3) is 5.56 Å². The molecule has 3 aromatic heterocycles. The van der Waals surface area contributed by atoms with E-state index in [1.165, 1.54) is 23.5 Å². The van der Waals surface area contributed by atoms with Gasteiger partial charge in [0.05, 0.1) is 22.5 Å². The lowest BCUT2D eigenvalue weighted by molar-refractivity contribution is 0.433. The standard InChI is InChI=1S/C29H24FN3O2S/c1-18-26(25-17-22(19(2)36-25)24-13-6-7-15-31-24)29(35)33(16-14-20-9-4-3-5-10-20)28(32-18)21-11-8-12-23(30)27(21)34/h3-13,15,17,34H,14,16H2,1-2H3. The Balaban J connectivity index is 1.67. The van der Waals surface area contributed by atoms with Gasteiger partial charge in [-0.1, -0.05) is 42.5 Å². The normalized spacial score (nSPS) is 11.1. The fraction of sp³-hybridized carbons (Fsp3) is 0.138. The van der Waals surface area contributed by atoms with Gasteiger partial charge in [0, 0.05) is 28.1 Å². The van der Waals surface area contributed by atoms with Crippen molar-refractivity contribution in [3.8, 4) is 38.8 Å². The van der Waals surface area contributed by atoms with Crippen molar-refractivity contribution in [1.82, 2.24) is 14.5 Å². The summed E-state index contributed by atoms with van der Waals surface area (Å²) in [5.41, 5.74) is 3.84. The number of hydrogen-bond acceptors (Lipinski definition) is 5. The highest BCUT2D eigenvalue weighted by Crippen LogP contribution is 2.37. The molecule has 0 spiro atoms. The second-order valence-corrected chi connectivity index (χ2v) is 9.78. The van der Waals surface area contributed by atoms with Crippen LogP contribution in [0.5, 0.6) is 5.75 Å². The van der Waals surface area contributed by atoms with Gasteiger partial charge in [0.2, 0.25) is 0 Å². The van der Waals surface area contributed by atoms with Crippen molar-refractivity contribution in [3.05, 3.63) is 111 Å². The van der Waals surface area contributed by atoms with Gasteiger partial charge in [-0.05, 0) is 56.2 Å². The molecule has 180 valence electrons. The Kier molecular flexibility index (Phi) is 6.48. The molecule has 0 saturated heterocycles. The van der Waals surface area contributed by atoms with E-state index >= 15 is 0 Å². The van der Waals surface area contributed by atoms with Crippen molar-refractivity contribution < 1.29 is 9.50 Å². The predicted molar refractivity (Wildman–Crippen MR) is 142 cm³/mol. The number of halogens is 1. The fourth-order valence-electron chi connectivity index (χ4n) is 4.32. The van der Waals surface area contributed by atoms with Crippen LogP contribution in [0, 0.1) is 19.7 Å². The molecule has 0 aliphatic heterocycles. The van der Waals surface area contributed by atoms with Crippen LogP contribution in [0.25, 0.3) is 33.1 Å². The van der Waals surface area contributed by atoms with Crippen LogP contribution >= 0.6 is 11.3 Å². The highest BCUT2D eigenvalue weighted by molar-refractivity contribution is 7.16. The summed E-state index contributed by atoms with van der Waals surface area (Å²) in [5, 5.41) is 10.5. The molecule has 0 saturated carbocycles. The Morgan fingerprint density at radius 3 is 2.50 bits per heavy atom. The molecule has 0 aliphatic carbocycles. The molecule has 0 radical (unpaired) electrons. The summed E-state index contributed by atoms with van der Waals surface area (Å²) in [6.07, 6.45) is 2.33. The Hall–Kier alpha value is -4.10. The number of hydrogen-bond donors (Lipinski definition) is 1. The monoisotopic (exact) mass is 497 g/mol. The van der Waals surface area contributed by atoms with Crippen LogP contribution in [-0.2, 0) is 13.0 Å². The number of aryl methyl sites for hydroxylation is 3. The lowest BCUT2D eigenvalue weighted by Gasteiger charge is -2.16. The smallest absolute Gasteiger partial charge is 0.262 e. The Bertz CT molecular complexity index is 1590. The summed E-state index contributed by atoms with van der Waals surface area (Å²) in [5.74, 6) is -1.03. The van der Waals surface area contributed by atoms with Gasteiger partial charge in [0.1, 0.15) is 5.82 Å². The first kappa shape index (κ1) is 23.6. The zero-order valence-corrected chi connectivity index (χ0v) is 20.7. The largest absolute Gasteiger partial charge is 0.504 e. The number of phenols is 1. The van der Waals surface area contributed by atoms with Gasteiger partial charge in [-0.15, -0.1) is 11.3 Å². The van der Waals surface area contributed by atoms with Crippen LogP contribution in [-0.4, -0.2) is 19.6 Å². The lowest BCUT2D eigenvalue weighted by atomic mass is 10.1. The molecule has 1 N–H and O–H groups in total. The van der Waals surface area contributed by atoms with Crippen LogP contribution in [0.4, 0.5) is 4.39 Å². The summed E-state index contributed by atoms with van der Waals surface area (Å²) in [6, 6.07) is 21.8. The molecule has 0 atom stereocenters. The van der Waals surface area contributed by atoms with Crippen molar-refractivity contribution in [2.45, 2.75) is 26.8 Å². The molecule has 7 heteroatoms. The minimum atomic E-state index is -0.757. The summed E-state index contributed by atoms with van der Waals surface area (Å²) >= 11 is 1.52. The van der Waals surface area contributed by atoms with Gasteiger partial charge in [-0.2, -0.15) is 0 Å². The number of thiophene rings is 1. The molecule has 0 amide bonds. The van der Waals surface area contributed by atoms with Gasteiger partial charge in [-0.25, -0.2) is 9.37 Å². The molecule has 0 bridgehead atoms. The van der Waals surface area contributed by atoms with E-state index in [1.54, 1.807) is 23.8 Å². The number of phenolic OH excluding ortho intramolecular Hbond substituents is 1. The summed E-state index contributed by atoms with van der Waals surface area (Å²) in [4.78, 5) is 25.0. The summed E-state index contributed by atoms with van der Waals surface area (Å²) in [6.45, 7) is 4.10. The number of pyridine rings is 1. The SMILES string of the molecule is Cc1nc(-c2cccc(F)c2O)n(CCc2ccccc2)c(=O)c1-c1cc(-c2ccccn2)c(C)s1. The number of aromatic nitrogens is 3. The van der Waals surface area contributed by atoms with Crippen molar-refractivity contribution in [2.24, 2.45) is 0 Å². The summed E-state index contributed by atoms with van der Waals surface area (Å²) in [7, 11) is 0. The van der Waals surface area contributed by atoms with Crippen LogP contribution in [0.2, 0.25) is 0 Å². The molecule has 0 aliphatic rings. The number of aromatic hydroxyl groups is 1. The van der Waals surface area contributed by atoms with Gasteiger partial charge in [0.15, 0.2) is 11.6 Å². The van der Waals surface area contributed by atoms with Gasteiger partial charge in [-0.3, -0.25) is 14.3 Å². The minimum absolute atomic E-state index is 0.186. The molecular weight excluding hydrogens is 473 g/mol. The van der Waals surface area contributed by atoms with Crippen molar-refractivity contribution >= 4 is 11.3 Å². The van der Waals surface area contributed by atoms with Crippen molar-refractivity contribution in [3.63, 3.8) is 0 Å². The third-order valence-electron chi connectivity index (χ3n) is 6.15. The quantitative estimate of drug-likeness (QED) is 0.295. The second kappa shape index (κ2) is 9.87. The highest BCUT2D eigenvalue weighted by atomic mass is 32.1. The molecule has 5 nitrogen and oxygen atoms in total. The average molecular weight is 498 g/mol. The van der Waals surface area contributed by atoms with E-state index in [0.29, 0.717) is 24.2 Å². The van der Waals surface area contributed by atoms with Crippen LogP contribution in [0.1, 0.15) is 16.1 Å². The average Bonchev–Trinajstić information content (AvgIpc) is 3.27. The van der Waals surface area contributed by atoms with E-state index in [2.05, 4.69) is 4.98 Å². The molecule has 0 unspecified atom stereocenters. The zero-order valence-electron chi connectivity index (χ0n) is 19.9. The third-order valence-corrected chi connectivity index (χ3v) is 7.22. The molecule has 5 aromatic rings. The Morgan fingerprint density at radius 2 is 1.75 bits per heavy atom. The van der Waals surface area contributed by atoms with E-state index in [0.717, 1.165) is 26.6 Å². The van der Waals surface area contributed by atoms with E-state index in [4.69, 9.17) is 4.98 Å². The maximum Gasteiger partial charge on any atom is 0.262 e. The minimum Gasteiger partial charge on any atom is -0.504 e. The fourth-order valence-corrected chi connectivity index (χ4v) is 5.44. The maximum atomic E-state index is 14.2. The first-order valence-electron chi connectivity index (χ1n) is 11.6. The first-order valence-corrected chi connectivity index (χ1v) is 12.4.